The third kappa shape index (κ3) is 4.40. The summed E-state index contributed by atoms with van der Waals surface area (Å²) in [5.41, 5.74) is 3.55. The maximum Gasteiger partial charge on any atom is 0.189 e. The molecular formula is C19H21BrO. The number of Topliss-reactive ketones (excluding diaryl/α,β-unsaturated/α-hetero) is 1. The summed E-state index contributed by atoms with van der Waals surface area (Å²) in [7, 11) is 0. The SMILES string of the molecule is C=CC1=C(C=C)C(=O)/C(=C/c2ccc(Br)cc2)CC1.CC. The van der Waals surface area contributed by atoms with Crippen molar-refractivity contribution in [3.8, 4) is 0 Å². The maximum atomic E-state index is 12.3. The van der Waals surface area contributed by atoms with Crippen molar-refractivity contribution in [1.29, 1.82) is 0 Å². The minimum atomic E-state index is 0.0686. The quantitative estimate of drug-likeness (QED) is 0.624. The second kappa shape index (κ2) is 8.58. The van der Waals surface area contributed by atoms with E-state index >= 15 is 0 Å². The molecule has 0 fully saturated rings. The Kier molecular flexibility index (Phi) is 7.10. The number of hydrogen-bond donors (Lipinski definition) is 0. The maximum absolute atomic E-state index is 12.3. The molecule has 0 unspecified atom stereocenters. The molecule has 0 aromatic heterocycles. The number of allylic oxidation sites excluding steroid dienone is 5. The Hall–Kier alpha value is -1.67. The Morgan fingerprint density at radius 1 is 1.05 bits per heavy atom. The molecule has 110 valence electrons. The molecule has 1 aliphatic carbocycles. The molecule has 0 amide bonds. The van der Waals surface area contributed by atoms with Crippen LogP contribution in [0.2, 0.25) is 0 Å². The lowest BCUT2D eigenvalue weighted by atomic mass is 9.86. The van der Waals surface area contributed by atoms with E-state index in [2.05, 4.69) is 29.1 Å². The number of carbonyl (C=O) groups excluding carboxylic acids is 1. The Balaban J connectivity index is 0.00000106. The highest BCUT2D eigenvalue weighted by atomic mass is 79.9. The molecule has 0 heterocycles. The van der Waals surface area contributed by atoms with Crippen LogP contribution in [-0.2, 0) is 4.79 Å². The molecule has 1 nitrogen and oxygen atoms in total. The van der Waals surface area contributed by atoms with E-state index in [0.29, 0.717) is 5.57 Å². The van der Waals surface area contributed by atoms with Gasteiger partial charge in [-0.1, -0.05) is 67.2 Å². The first-order valence-electron chi connectivity index (χ1n) is 7.14. The van der Waals surface area contributed by atoms with Gasteiger partial charge in [-0.25, -0.2) is 0 Å². The van der Waals surface area contributed by atoms with Crippen molar-refractivity contribution in [2.24, 2.45) is 0 Å². The van der Waals surface area contributed by atoms with Gasteiger partial charge in [0.1, 0.15) is 0 Å². The summed E-state index contributed by atoms with van der Waals surface area (Å²) in [4.78, 5) is 12.3. The van der Waals surface area contributed by atoms with Gasteiger partial charge >= 0.3 is 0 Å². The first kappa shape index (κ1) is 17.4. The number of ketones is 1. The fourth-order valence-electron chi connectivity index (χ4n) is 2.17. The van der Waals surface area contributed by atoms with Gasteiger partial charge in [-0.3, -0.25) is 4.79 Å². The molecule has 0 spiro atoms. The fourth-order valence-corrected chi connectivity index (χ4v) is 2.43. The smallest absolute Gasteiger partial charge is 0.189 e. The van der Waals surface area contributed by atoms with Crippen LogP contribution in [0, 0.1) is 0 Å². The van der Waals surface area contributed by atoms with E-state index in [9.17, 15) is 4.79 Å². The summed E-state index contributed by atoms with van der Waals surface area (Å²) < 4.78 is 1.03. The highest BCUT2D eigenvalue weighted by Crippen LogP contribution is 2.28. The van der Waals surface area contributed by atoms with Crippen LogP contribution >= 0.6 is 15.9 Å². The van der Waals surface area contributed by atoms with Crippen molar-refractivity contribution in [3.63, 3.8) is 0 Å². The van der Waals surface area contributed by atoms with Crippen LogP contribution in [-0.4, -0.2) is 5.78 Å². The zero-order chi connectivity index (χ0) is 15.8. The molecule has 1 aromatic rings. The zero-order valence-corrected chi connectivity index (χ0v) is 14.2. The normalized spacial score (nSPS) is 16.3. The predicted octanol–water partition coefficient (Wildman–Crippen LogP) is 5.89. The van der Waals surface area contributed by atoms with E-state index in [4.69, 9.17) is 0 Å². The standard InChI is InChI=1S/C17H15BrO.C2H6/c1-3-13-7-8-14(17(19)16(13)4-2)11-12-5-9-15(18)10-6-12;1-2/h3-6,9-11H,1-2,7-8H2;1-2H3/b14-11+;. The first-order valence-corrected chi connectivity index (χ1v) is 7.94. The van der Waals surface area contributed by atoms with Gasteiger partial charge in [0.05, 0.1) is 0 Å². The van der Waals surface area contributed by atoms with Crippen molar-refractivity contribution in [1.82, 2.24) is 0 Å². The van der Waals surface area contributed by atoms with Gasteiger partial charge < -0.3 is 0 Å². The second-order valence-corrected chi connectivity index (χ2v) is 5.31. The summed E-state index contributed by atoms with van der Waals surface area (Å²) in [6, 6.07) is 7.92. The molecule has 1 aromatic carbocycles. The van der Waals surface area contributed by atoms with Crippen molar-refractivity contribution in [2.75, 3.05) is 0 Å². The number of benzene rings is 1. The summed E-state index contributed by atoms with van der Waals surface area (Å²) in [5, 5.41) is 0. The highest BCUT2D eigenvalue weighted by molar-refractivity contribution is 9.10. The van der Waals surface area contributed by atoms with Gasteiger partial charge in [0.2, 0.25) is 0 Å². The Labute approximate surface area is 135 Å². The fraction of sp³-hybridized carbons (Fsp3) is 0.211. The molecule has 21 heavy (non-hydrogen) atoms. The van der Waals surface area contributed by atoms with E-state index in [1.807, 2.05) is 44.2 Å². The van der Waals surface area contributed by atoms with Crippen molar-refractivity contribution in [2.45, 2.75) is 26.7 Å². The molecule has 0 radical (unpaired) electrons. The van der Waals surface area contributed by atoms with Gasteiger partial charge in [0.25, 0.3) is 0 Å². The molecule has 2 heteroatoms. The van der Waals surface area contributed by atoms with Crippen LogP contribution < -0.4 is 0 Å². The molecule has 0 N–H and O–H groups in total. The van der Waals surface area contributed by atoms with Gasteiger partial charge in [0.15, 0.2) is 5.78 Å². The van der Waals surface area contributed by atoms with E-state index in [1.165, 1.54) is 0 Å². The first-order chi connectivity index (χ1) is 10.2. The van der Waals surface area contributed by atoms with Crippen LogP contribution in [0.1, 0.15) is 32.3 Å². The zero-order valence-electron chi connectivity index (χ0n) is 12.7. The van der Waals surface area contributed by atoms with E-state index in [1.54, 1.807) is 12.2 Å². The molecule has 0 saturated carbocycles. The molecule has 0 aliphatic heterocycles. The minimum absolute atomic E-state index is 0.0686. The van der Waals surface area contributed by atoms with Gasteiger partial charge in [-0.2, -0.15) is 0 Å². The van der Waals surface area contributed by atoms with E-state index in [-0.39, 0.29) is 5.78 Å². The molecular weight excluding hydrogens is 324 g/mol. The number of rotatable bonds is 3. The number of hydrogen-bond acceptors (Lipinski definition) is 1. The summed E-state index contributed by atoms with van der Waals surface area (Å²) in [6.07, 6.45) is 6.95. The van der Waals surface area contributed by atoms with Crippen LogP contribution in [0.25, 0.3) is 6.08 Å². The third-order valence-electron chi connectivity index (χ3n) is 3.21. The molecule has 0 saturated heterocycles. The largest absolute Gasteiger partial charge is 0.289 e. The van der Waals surface area contributed by atoms with Crippen molar-refractivity contribution in [3.05, 3.63) is 76.3 Å². The average molecular weight is 345 g/mol. The lowest BCUT2D eigenvalue weighted by Crippen LogP contribution is -2.12. The third-order valence-corrected chi connectivity index (χ3v) is 3.74. The van der Waals surface area contributed by atoms with Gasteiger partial charge in [-0.05, 0) is 42.2 Å². The van der Waals surface area contributed by atoms with Gasteiger partial charge in [-0.15, -0.1) is 0 Å². The number of halogens is 1. The lowest BCUT2D eigenvalue weighted by Gasteiger charge is -2.17. The highest BCUT2D eigenvalue weighted by Gasteiger charge is 2.21. The lowest BCUT2D eigenvalue weighted by molar-refractivity contribution is -0.112. The van der Waals surface area contributed by atoms with Crippen LogP contribution in [0.5, 0.6) is 0 Å². The molecule has 0 atom stereocenters. The van der Waals surface area contributed by atoms with Gasteiger partial charge in [0, 0.05) is 15.6 Å². The molecule has 0 bridgehead atoms. The minimum Gasteiger partial charge on any atom is -0.289 e. The van der Waals surface area contributed by atoms with Crippen molar-refractivity contribution < 1.29 is 4.79 Å². The van der Waals surface area contributed by atoms with E-state index in [0.717, 1.165) is 34.0 Å². The van der Waals surface area contributed by atoms with Crippen LogP contribution in [0.3, 0.4) is 0 Å². The Bertz CT molecular complexity index is 588. The average Bonchev–Trinajstić information content (AvgIpc) is 2.53. The summed E-state index contributed by atoms with van der Waals surface area (Å²) in [6.45, 7) is 11.5. The van der Waals surface area contributed by atoms with Crippen LogP contribution in [0.15, 0.2) is 70.8 Å². The van der Waals surface area contributed by atoms with Crippen LogP contribution in [0.4, 0.5) is 0 Å². The van der Waals surface area contributed by atoms with E-state index < -0.39 is 0 Å². The summed E-state index contributed by atoms with van der Waals surface area (Å²) in [5.74, 6) is 0.0686. The summed E-state index contributed by atoms with van der Waals surface area (Å²) >= 11 is 3.40. The topological polar surface area (TPSA) is 17.1 Å². The monoisotopic (exact) mass is 344 g/mol. The molecule has 1 aliphatic rings. The predicted molar refractivity (Wildman–Crippen MR) is 95.1 cm³/mol. The number of carbonyl (C=O) groups is 1. The van der Waals surface area contributed by atoms with Crippen molar-refractivity contribution >= 4 is 27.8 Å². The molecule has 2 rings (SSSR count). The Morgan fingerprint density at radius 2 is 1.67 bits per heavy atom. The Morgan fingerprint density at radius 3 is 2.19 bits per heavy atom. The second-order valence-electron chi connectivity index (χ2n) is 4.40.